The van der Waals surface area contributed by atoms with Crippen molar-refractivity contribution in [3.05, 3.63) is 62.1 Å². The maximum absolute atomic E-state index is 11.9. The second-order valence-corrected chi connectivity index (χ2v) is 6.21. The van der Waals surface area contributed by atoms with Crippen LogP contribution in [0.15, 0.2) is 46.0 Å². The molecule has 2 aromatic carbocycles. The summed E-state index contributed by atoms with van der Waals surface area (Å²) >= 11 is 3.42. The SMILES string of the molecule is CCOc1c(Br)cc(/C=N\NC(=O)Cc2ccc([N+](=O)[O-])cc2)cc1OC. The van der Waals surface area contributed by atoms with Gasteiger partial charge in [0.2, 0.25) is 5.91 Å². The van der Waals surface area contributed by atoms with E-state index in [1.807, 2.05) is 6.92 Å². The number of benzene rings is 2. The average molecular weight is 436 g/mol. The fourth-order valence-electron chi connectivity index (χ4n) is 2.24. The van der Waals surface area contributed by atoms with E-state index >= 15 is 0 Å². The van der Waals surface area contributed by atoms with Crippen LogP contribution in [0.2, 0.25) is 0 Å². The van der Waals surface area contributed by atoms with Gasteiger partial charge in [-0.05, 0) is 46.1 Å². The third-order valence-electron chi connectivity index (χ3n) is 3.46. The van der Waals surface area contributed by atoms with Gasteiger partial charge in [0.15, 0.2) is 11.5 Å². The van der Waals surface area contributed by atoms with Crippen molar-refractivity contribution < 1.29 is 19.2 Å². The summed E-state index contributed by atoms with van der Waals surface area (Å²) in [6.07, 6.45) is 1.54. The van der Waals surface area contributed by atoms with E-state index in [-0.39, 0.29) is 18.0 Å². The predicted octanol–water partition coefficient (Wildman–Crippen LogP) is 3.46. The molecule has 0 heterocycles. The number of nitrogens with zero attached hydrogens (tertiary/aromatic N) is 2. The number of nitro groups is 1. The number of hydrogen-bond donors (Lipinski definition) is 1. The summed E-state index contributed by atoms with van der Waals surface area (Å²) in [5.74, 6) is 0.807. The first-order chi connectivity index (χ1) is 12.9. The highest BCUT2D eigenvalue weighted by molar-refractivity contribution is 9.10. The smallest absolute Gasteiger partial charge is 0.269 e. The molecule has 27 heavy (non-hydrogen) atoms. The Labute approximate surface area is 164 Å². The Hall–Kier alpha value is -2.94. The minimum atomic E-state index is -0.489. The highest BCUT2D eigenvalue weighted by Gasteiger charge is 2.11. The van der Waals surface area contributed by atoms with Gasteiger partial charge in [0, 0.05) is 12.1 Å². The summed E-state index contributed by atoms with van der Waals surface area (Å²) in [7, 11) is 1.54. The fraction of sp³-hybridized carbons (Fsp3) is 0.222. The van der Waals surface area contributed by atoms with Gasteiger partial charge in [-0.15, -0.1) is 0 Å². The van der Waals surface area contributed by atoms with E-state index in [0.29, 0.717) is 33.7 Å². The van der Waals surface area contributed by atoms with Crippen LogP contribution in [0.25, 0.3) is 0 Å². The lowest BCUT2D eigenvalue weighted by Gasteiger charge is -2.11. The molecule has 0 saturated heterocycles. The molecule has 0 spiro atoms. The van der Waals surface area contributed by atoms with Crippen LogP contribution in [-0.2, 0) is 11.2 Å². The minimum Gasteiger partial charge on any atom is -0.493 e. The number of non-ortho nitro benzene ring substituents is 1. The van der Waals surface area contributed by atoms with E-state index < -0.39 is 4.92 Å². The summed E-state index contributed by atoms with van der Waals surface area (Å²) in [5, 5.41) is 14.6. The van der Waals surface area contributed by atoms with E-state index in [2.05, 4.69) is 26.5 Å². The highest BCUT2D eigenvalue weighted by atomic mass is 79.9. The third-order valence-corrected chi connectivity index (χ3v) is 4.04. The molecule has 142 valence electrons. The van der Waals surface area contributed by atoms with Crippen LogP contribution in [-0.4, -0.2) is 30.8 Å². The van der Waals surface area contributed by atoms with Gasteiger partial charge in [0.1, 0.15) is 0 Å². The number of methoxy groups -OCH3 is 1. The Kier molecular flexibility index (Phi) is 7.30. The molecule has 0 bridgehead atoms. The second kappa shape index (κ2) is 9.67. The molecule has 0 atom stereocenters. The topological polar surface area (TPSA) is 103 Å². The van der Waals surface area contributed by atoms with Crippen LogP contribution in [0.4, 0.5) is 5.69 Å². The fourth-order valence-corrected chi connectivity index (χ4v) is 2.81. The molecule has 0 aliphatic carbocycles. The zero-order valence-corrected chi connectivity index (χ0v) is 16.4. The van der Waals surface area contributed by atoms with Crippen molar-refractivity contribution in [3.63, 3.8) is 0 Å². The molecule has 0 aromatic heterocycles. The summed E-state index contributed by atoms with van der Waals surface area (Å²) in [6.45, 7) is 2.38. The van der Waals surface area contributed by atoms with Crippen molar-refractivity contribution in [1.82, 2.24) is 5.43 Å². The number of hydrogen-bond acceptors (Lipinski definition) is 6. The molecular weight excluding hydrogens is 418 g/mol. The van der Waals surface area contributed by atoms with Gasteiger partial charge in [-0.3, -0.25) is 14.9 Å². The Morgan fingerprint density at radius 2 is 2.04 bits per heavy atom. The number of carbonyl (C=O) groups is 1. The molecule has 0 aliphatic heterocycles. The van der Waals surface area contributed by atoms with Crippen LogP contribution >= 0.6 is 15.9 Å². The van der Waals surface area contributed by atoms with Crippen molar-refractivity contribution in [2.75, 3.05) is 13.7 Å². The van der Waals surface area contributed by atoms with Gasteiger partial charge in [-0.1, -0.05) is 12.1 Å². The number of amides is 1. The van der Waals surface area contributed by atoms with Crippen molar-refractivity contribution >= 4 is 33.7 Å². The van der Waals surface area contributed by atoms with Gasteiger partial charge in [0.05, 0.1) is 35.7 Å². The molecule has 0 saturated carbocycles. The van der Waals surface area contributed by atoms with E-state index in [9.17, 15) is 14.9 Å². The lowest BCUT2D eigenvalue weighted by Crippen LogP contribution is -2.19. The zero-order chi connectivity index (χ0) is 19.8. The molecule has 1 amide bonds. The summed E-state index contributed by atoms with van der Waals surface area (Å²) in [4.78, 5) is 22.1. The van der Waals surface area contributed by atoms with Crippen molar-refractivity contribution in [3.8, 4) is 11.5 Å². The van der Waals surface area contributed by atoms with E-state index in [1.54, 1.807) is 12.1 Å². The lowest BCUT2D eigenvalue weighted by molar-refractivity contribution is -0.384. The Balaban J connectivity index is 1.99. The van der Waals surface area contributed by atoms with Gasteiger partial charge >= 0.3 is 0 Å². The average Bonchev–Trinajstić information content (AvgIpc) is 2.64. The number of rotatable bonds is 8. The molecule has 0 radical (unpaired) electrons. The van der Waals surface area contributed by atoms with Crippen LogP contribution in [0.1, 0.15) is 18.1 Å². The zero-order valence-electron chi connectivity index (χ0n) is 14.8. The molecule has 2 aromatic rings. The minimum absolute atomic E-state index is 0.0211. The number of carbonyl (C=O) groups excluding carboxylic acids is 1. The van der Waals surface area contributed by atoms with Gasteiger partial charge in [0.25, 0.3) is 5.69 Å². The summed E-state index contributed by atoms with van der Waals surface area (Å²) < 4.78 is 11.5. The third kappa shape index (κ3) is 5.78. The quantitative estimate of drug-likeness (QED) is 0.388. The standard InChI is InChI=1S/C18H18BrN3O5/c1-3-27-18-15(19)8-13(9-16(18)26-2)11-20-21-17(23)10-12-4-6-14(7-5-12)22(24)25/h4-9,11H,3,10H2,1-2H3,(H,21,23)/b20-11-. The molecule has 1 N–H and O–H groups in total. The van der Waals surface area contributed by atoms with Crippen LogP contribution in [0, 0.1) is 10.1 Å². The molecule has 0 unspecified atom stereocenters. The largest absolute Gasteiger partial charge is 0.493 e. The first-order valence-electron chi connectivity index (χ1n) is 8.00. The summed E-state index contributed by atoms with van der Waals surface area (Å²) in [5.41, 5.74) is 3.76. The molecule has 0 fully saturated rings. The van der Waals surface area contributed by atoms with E-state index in [4.69, 9.17) is 9.47 Å². The van der Waals surface area contributed by atoms with Crippen molar-refractivity contribution in [1.29, 1.82) is 0 Å². The molecule has 8 nitrogen and oxygen atoms in total. The van der Waals surface area contributed by atoms with Crippen LogP contribution in [0.5, 0.6) is 11.5 Å². The molecule has 9 heteroatoms. The van der Waals surface area contributed by atoms with Gasteiger partial charge in [-0.2, -0.15) is 5.10 Å². The Bertz CT molecular complexity index is 853. The summed E-state index contributed by atoms with van der Waals surface area (Å²) in [6, 6.07) is 9.32. The maximum Gasteiger partial charge on any atom is 0.269 e. The Morgan fingerprint density at radius 3 is 2.63 bits per heavy atom. The predicted molar refractivity (Wildman–Crippen MR) is 104 cm³/mol. The normalized spacial score (nSPS) is 10.6. The first-order valence-corrected chi connectivity index (χ1v) is 8.79. The van der Waals surface area contributed by atoms with Crippen molar-refractivity contribution in [2.45, 2.75) is 13.3 Å². The van der Waals surface area contributed by atoms with Gasteiger partial charge in [-0.25, -0.2) is 5.43 Å². The Morgan fingerprint density at radius 1 is 1.33 bits per heavy atom. The number of hydrazone groups is 1. The highest BCUT2D eigenvalue weighted by Crippen LogP contribution is 2.36. The van der Waals surface area contributed by atoms with Gasteiger partial charge < -0.3 is 9.47 Å². The van der Waals surface area contributed by atoms with E-state index in [0.717, 1.165) is 0 Å². The maximum atomic E-state index is 11.9. The number of nitrogens with one attached hydrogen (secondary N) is 1. The lowest BCUT2D eigenvalue weighted by atomic mass is 10.1. The monoisotopic (exact) mass is 435 g/mol. The van der Waals surface area contributed by atoms with E-state index in [1.165, 1.54) is 37.6 Å². The van der Waals surface area contributed by atoms with Crippen LogP contribution in [0.3, 0.4) is 0 Å². The number of ether oxygens (including phenoxy) is 2. The molecule has 2 rings (SSSR count). The number of halogens is 1. The molecular formula is C18H18BrN3O5. The van der Waals surface area contributed by atoms with Crippen LogP contribution < -0.4 is 14.9 Å². The molecule has 0 aliphatic rings. The van der Waals surface area contributed by atoms with Crippen molar-refractivity contribution in [2.24, 2.45) is 5.10 Å². The first kappa shape index (κ1) is 20.4. The number of nitro benzene ring substituents is 1. The second-order valence-electron chi connectivity index (χ2n) is 5.36.